The van der Waals surface area contributed by atoms with Crippen LogP contribution in [-0.4, -0.2) is 62.5 Å². The van der Waals surface area contributed by atoms with Gasteiger partial charge in [-0.05, 0) is 31.1 Å². The average Bonchev–Trinajstić information content (AvgIpc) is 3.09. The van der Waals surface area contributed by atoms with Crippen molar-refractivity contribution in [3.63, 3.8) is 0 Å². The number of aromatic nitrogens is 2. The summed E-state index contributed by atoms with van der Waals surface area (Å²) in [6, 6.07) is 3.68. The molecule has 10 heteroatoms. The maximum Gasteiger partial charge on any atom is 0.267 e. The number of aryl methyl sites for hydroxylation is 1. The first-order valence-electron chi connectivity index (χ1n) is 11.7. The lowest BCUT2D eigenvalue weighted by molar-refractivity contribution is -0.122. The Morgan fingerprint density at radius 3 is 2.79 bits per heavy atom. The van der Waals surface area contributed by atoms with Gasteiger partial charge in [-0.2, -0.15) is 0 Å². The van der Waals surface area contributed by atoms with E-state index in [1.54, 1.807) is 23.2 Å². The number of aliphatic hydroxyl groups excluding tert-OH is 1. The molecule has 2 N–H and O–H groups in total. The van der Waals surface area contributed by atoms with Gasteiger partial charge in [0.15, 0.2) is 0 Å². The van der Waals surface area contributed by atoms with Crippen molar-refractivity contribution < 1.29 is 14.6 Å². The summed E-state index contributed by atoms with van der Waals surface area (Å²) in [5.41, 5.74) is 1.44. The van der Waals surface area contributed by atoms with Crippen LogP contribution in [0.5, 0.6) is 0 Å². The Balaban J connectivity index is 1.87. The summed E-state index contributed by atoms with van der Waals surface area (Å²) < 4.78 is 7.31. The van der Waals surface area contributed by atoms with Gasteiger partial charge in [0, 0.05) is 19.3 Å². The van der Waals surface area contributed by atoms with Crippen LogP contribution in [0.3, 0.4) is 0 Å². The number of nitrogens with one attached hydrogen (secondary N) is 1. The Morgan fingerprint density at radius 2 is 2.03 bits per heavy atom. The van der Waals surface area contributed by atoms with Crippen molar-refractivity contribution in [2.45, 2.75) is 46.0 Å². The van der Waals surface area contributed by atoms with Gasteiger partial charge in [-0.25, -0.2) is 4.98 Å². The fourth-order valence-electron chi connectivity index (χ4n) is 3.68. The van der Waals surface area contributed by atoms with Gasteiger partial charge in [0.1, 0.15) is 15.8 Å². The molecule has 8 nitrogen and oxygen atoms in total. The van der Waals surface area contributed by atoms with Crippen LogP contribution in [0, 0.1) is 6.92 Å². The first-order valence-corrected chi connectivity index (χ1v) is 12.9. The number of rotatable bonds is 13. The van der Waals surface area contributed by atoms with Gasteiger partial charge < -0.3 is 15.2 Å². The van der Waals surface area contributed by atoms with Gasteiger partial charge in [0.05, 0.1) is 30.3 Å². The van der Waals surface area contributed by atoms with E-state index in [-0.39, 0.29) is 24.7 Å². The Bertz CT molecular complexity index is 1120. The molecule has 0 saturated carbocycles. The second kappa shape index (κ2) is 13.0. The first-order chi connectivity index (χ1) is 16.5. The minimum absolute atomic E-state index is 0.0551. The summed E-state index contributed by atoms with van der Waals surface area (Å²) in [5.74, 6) is 0.216. The maximum atomic E-state index is 13.4. The third-order valence-corrected chi connectivity index (χ3v) is 6.87. The highest BCUT2D eigenvalue weighted by Gasteiger charge is 2.32. The molecule has 1 aliphatic heterocycles. The number of aliphatic hydroxyl groups is 1. The van der Waals surface area contributed by atoms with Gasteiger partial charge in [-0.1, -0.05) is 62.7 Å². The summed E-state index contributed by atoms with van der Waals surface area (Å²) in [4.78, 5) is 33.2. The number of thiocarbonyl (C=S) groups is 1. The minimum atomic E-state index is -0.266. The Hall–Kier alpha value is -2.27. The van der Waals surface area contributed by atoms with Crippen LogP contribution in [0.15, 0.2) is 28.0 Å². The second-order valence-electron chi connectivity index (χ2n) is 8.07. The number of carbonyl (C=O) groups is 1. The van der Waals surface area contributed by atoms with Crippen LogP contribution < -0.4 is 10.9 Å². The van der Waals surface area contributed by atoms with Crippen LogP contribution in [0.4, 0.5) is 5.82 Å². The second-order valence-corrected chi connectivity index (χ2v) is 9.75. The van der Waals surface area contributed by atoms with Crippen molar-refractivity contribution in [3.8, 4) is 0 Å². The first kappa shape index (κ1) is 26.3. The highest BCUT2D eigenvalue weighted by Crippen LogP contribution is 2.33. The molecule has 0 bridgehead atoms. The van der Waals surface area contributed by atoms with E-state index in [9.17, 15) is 9.59 Å². The SMILES string of the molecule is CCCCCCCN1C(=O)/C(=C\c2c(NCCOCCO)nc3c(C)cccn3c2=O)SC1=S. The highest BCUT2D eigenvalue weighted by atomic mass is 32.2. The quantitative estimate of drug-likeness (QED) is 0.243. The fourth-order valence-corrected chi connectivity index (χ4v) is 4.97. The molecular weight excluding hydrogens is 472 g/mol. The van der Waals surface area contributed by atoms with E-state index in [1.165, 1.54) is 29.0 Å². The number of ether oxygens (including phenoxy) is 1. The molecule has 1 amide bonds. The van der Waals surface area contributed by atoms with Crippen molar-refractivity contribution in [2.24, 2.45) is 0 Å². The number of carbonyl (C=O) groups excluding carboxylic acids is 1. The number of thioether (sulfide) groups is 1. The molecule has 1 aliphatic rings. The molecule has 2 aromatic heterocycles. The zero-order chi connectivity index (χ0) is 24.5. The molecule has 3 heterocycles. The van der Waals surface area contributed by atoms with Gasteiger partial charge >= 0.3 is 0 Å². The fraction of sp³-hybridized carbons (Fsp3) is 0.500. The van der Waals surface area contributed by atoms with Crippen molar-refractivity contribution in [1.29, 1.82) is 0 Å². The highest BCUT2D eigenvalue weighted by molar-refractivity contribution is 8.26. The third-order valence-electron chi connectivity index (χ3n) is 5.49. The summed E-state index contributed by atoms with van der Waals surface area (Å²) in [5, 5.41) is 12.0. The number of hydrogen-bond acceptors (Lipinski definition) is 8. The molecule has 3 rings (SSSR count). The molecule has 0 spiro atoms. The van der Waals surface area contributed by atoms with Crippen LogP contribution in [0.2, 0.25) is 0 Å². The molecule has 2 aromatic rings. The number of unbranched alkanes of at least 4 members (excludes halogenated alkanes) is 4. The van der Waals surface area contributed by atoms with E-state index in [0.29, 0.717) is 46.0 Å². The summed E-state index contributed by atoms with van der Waals surface area (Å²) in [7, 11) is 0. The molecule has 0 radical (unpaired) electrons. The molecule has 0 aromatic carbocycles. The molecule has 1 saturated heterocycles. The molecule has 0 atom stereocenters. The number of pyridine rings is 1. The number of hydrogen-bond donors (Lipinski definition) is 2. The molecule has 34 heavy (non-hydrogen) atoms. The van der Waals surface area contributed by atoms with E-state index in [1.807, 2.05) is 13.0 Å². The Labute approximate surface area is 209 Å². The van der Waals surface area contributed by atoms with E-state index < -0.39 is 0 Å². The zero-order valence-electron chi connectivity index (χ0n) is 19.7. The topological polar surface area (TPSA) is 96.2 Å². The normalized spacial score (nSPS) is 15.1. The molecule has 0 unspecified atom stereocenters. The standard InChI is InChI=1S/C24H32N4O4S2/c1-3-4-5-6-7-11-28-23(31)19(34-24(28)33)16-18-20(25-10-14-32-15-13-29)26-21-17(2)9-8-12-27(21)22(18)30/h8-9,12,16,25,29H,3-7,10-11,13-15H2,1-2H3/b19-16+. The number of anilines is 1. The monoisotopic (exact) mass is 504 g/mol. The average molecular weight is 505 g/mol. The Morgan fingerprint density at radius 1 is 1.24 bits per heavy atom. The number of amides is 1. The molecular formula is C24H32N4O4S2. The Kier molecular flexibility index (Phi) is 10.1. The molecule has 0 aliphatic carbocycles. The number of nitrogens with zero attached hydrogens (tertiary/aromatic N) is 3. The lowest BCUT2D eigenvalue weighted by Gasteiger charge is -2.14. The predicted octanol–water partition coefficient (Wildman–Crippen LogP) is 3.60. The third kappa shape index (κ3) is 6.44. The van der Waals surface area contributed by atoms with Crippen LogP contribution in [-0.2, 0) is 9.53 Å². The lowest BCUT2D eigenvalue weighted by Crippen LogP contribution is -2.29. The minimum Gasteiger partial charge on any atom is -0.394 e. The van der Waals surface area contributed by atoms with Gasteiger partial charge in [-0.15, -0.1) is 0 Å². The van der Waals surface area contributed by atoms with E-state index >= 15 is 0 Å². The van der Waals surface area contributed by atoms with Crippen molar-refractivity contribution >= 4 is 51.7 Å². The maximum absolute atomic E-state index is 13.4. The predicted molar refractivity (Wildman–Crippen MR) is 141 cm³/mol. The smallest absolute Gasteiger partial charge is 0.267 e. The van der Waals surface area contributed by atoms with Crippen LogP contribution in [0.25, 0.3) is 11.7 Å². The lowest BCUT2D eigenvalue weighted by atomic mass is 10.1. The van der Waals surface area contributed by atoms with Gasteiger partial charge in [0.2, 0.25) is 0 Å². The van der Waals surface area contributed by atoms with E-state index in [2.05, 4.69) is 17.2 Å². The zero-order valence-corrected chi connectivity index (χ0v) is 21.3. The van der Waals surface area contributed by atoms with Crippen LogP contribution >= 0.6 is 24.0 Å². The van der Waals surface area contributed by atoms with Crippen LogP contribution in [0.1, 0.15) is 50.2 Å². The van der Waals surface area contributed by atoms with E-state index in [0.717, 1.165) is 24.8 Å². The molecule has 1 fully saturated rings. The van der Waals surface area contributed by atoms with Crippen molar-refractivity contribution in [3.05, 3.63) is 44.7 Å². The number of fused-ring (bicyclic) bond motifs is 1. The summed E-state index contributed by atoms with van der Waals surface area (Å²) >= 11 is 6.68. The van der Waals surface area contributed by atoms with Gasteiger partial charge in [-0.3, -0.25) is 18.9 Å². The van der Waals surface area contributed by atoms with E-state index in [4.69, 9.17) is 22.1 Å². The summed E-state index contributed by atoms with van der Waals surface area (Å²) in [6.45, 7) is 5.57. The largest absolute Gasteiger partial charge is 0.394 e. The van der Waals surface area contributed by atoms with Crippen molar-refractivity contribution in [2.75, 3.05) is 38.2 Å². The van der Waals surface area contributed by atoms with Gasteiger partial charge in [0.25, 0.3) is 11.5 Å². The summed E-state index contributed by atoms with van der Waals surface area (Å²) in [6.07, 6.45) is 8.74. The van der Waals surface area contributed by atoms with Crippen molar-refractivity contribution in [1.82, 2.24) is 14.3 Å². The molecule has 184 valence electrons.